The minimum absolute atomic E-state index is 0.760. The molecule has 0 spiro atoms. The third-order valence-corrected chi connectivity index (χ3v) is 4.63. The quantitative estimate of drug-likeness (QED) is 0.702. The maximum atomic E-state index is 2.73. The van der Waals surface area contributed by atoms with Gasteiger partial charge in [-0.3, -0.25) is 0 Å². The van der Waals surface area contributed by atoms with Gasteiger partial charge >= 0.3 is 0 Å². The summed E-state index contributed by atoms with van der Waals surface area (Å²) in [6, 6.07) is 9.82. The molecule has 2 heteroatoms. The summed E-state index contributed by atoms with van der Waals surface area (Å²) >= 11 is 2.38. The van der Waals surface area contributed by atoms with E-state index in [9.17, 15) is 0 Å². The lowest BCUT2D eigenvalue weighted by molar-refractivity contribution is 0.153. The van der Waals surface area contributed by atoms with Gasteiger partial charge in [-0.2, -0.15) is 0 Å². The molecule has 2 rings (SSSR count). The maximum Gasteiger partial charge on any atom is 0.0136 e. The lowest BCUT2D eigenvalue weighted by Crippen LogP contribution is -2.40. The zero-order valence-electron chi connectivity index (χ0n) is 11.4. The number of likely N-dealkylation sites (tertiary alicyclic amines) is 1. The van der Waals surface area contributed by atoms with Crippen molar-refractivity contribution in [3.05, 3.63) is 33.4 Å². The van der Waals surface area contributed by atoms with E-state index in [-0.39, 0.29) is 0 Å². The second kappa shape index (κ2) is 7.49. The van der Waals surface area contributed by atoms with Crippen molar-refractivity contribution in [2.24, 2.45) is 0 Å². The van der Waals surface area contributed by atoms with Crippen LogP contribution in [0.1, 0.15) is 44.6 Å². The fourth-order valence-corrected chi connectivity index (χ4v) is 3.28. The number of nitrogens with zero attached hydrogens (tertiary/aromatic N) is 1. The van der Waals surface area contributed by atoms with E-state index in [1.165, 1.54) is 60.7 Å². The topological polar surface area (TPSA) is 3.24 Å². The number of piperidine rings is 1. The van der Waals surface area contributed by atoms with E-state index >= 15 is 0 Å². The van der Waals surface area contributed by atoms with Crippen molar-refractivity contribution in [1.82, 2.24) is 4.90 Å². The second-order valence-electron chi connectivity index (χ2n) is 5.37. The van der Waals surface area contributed by atoms with Gasteiger partial charge in [-0.05, 0) is 79.1 Å². The smallest absolute Gasteiger partial charge is 0.0136 e. The van der Waals surface area contributed by atoms with Gasteiger partial charge < -0.3 is 4.90 Å². The molecule has 1 heterocycles. The highest BCUT2D eigenvalue weighted by Gasteiger charge is 2.19. The number of benzene rings is 1. The molecule has 100 valence electrons. The van der Waals surface area contributed by atoms with E-state index in [2.05, 4.69) is 58.7 Å². The molecule has 1 atom stereocenters. The zero-order valence-corrected chi connectivity index (χ0v) is 13.5. The van der Waals surface area contributed by atoms with Gasteiger partial charge in [0, 0.05) is 9.61 Å². The van der Waals surface area contributed by atoms with Gasteiger partial charge in [0.25, 0.3) is 0 Å². The van der Waals surface area contributed by atoms with Crippen molar-refractivity contribution in [3.8, 4) is 0 Å². The molecule has 0 aliphatic carbocycles. The molecule has 0 aromatic heterocycles. The summed E-state index contributed by atoms with van der Waals surface area (Å²) in [6.07, 6.45) is 8.08. The summed E-state index contributed by atoms with van der Waals surface area (Å²) in [5.41, 5.74) is 1.50. The summed E-state index contributed by atoms with van der Waals surface area (Å²) in [5.74, 6) is 0. The predicted octanol–water partition coefficient (Wildman–Crippen LogP) is 4.49. The van der Waals surface area contributed by atoms with E-state index in [4.69, 9.17) is 0 Å². The predicted molar refractivity (Wildman–Crippen MR) is 87.0 cm³/mol. The highest BCUT2D eigenvalue weighted by Crippen LogP contribution is 2.19. The SMILES string of the molecule is CCCC(Cc1ccc(I)cc1)N1CCCCC1. The van der Waals surface area contributed by atoms with Gasteiger partial charge in [0.1, 0.15) is 0 Å². The summed E-state index contributed by atoms with van der Waals surface area (Å²) in [7, 11) is 0. The molecular weight excluding hydrogens is 333 g/mol. The summed E-state index contributed by atoms with van der Waals surface area (Å²) in [4.78, 5) is 2.73. The van der Waals surface area contributed by atoms with Gasteiger partial charge in [-0.1, -0.05) is 31.9 Å². The Morgan fingerprint density at radius 1 is 1.11 bits per heavy atom. The molecule has 18 heavy (non-hydrogen) atoms. The van der Waals surface area contributed by atoms with Crippen LogP contribution in [0.25, 0.3) is 0 Å². The first-order valence-electron chi connectivity index (χ1n) is 7.28. The maximum absolute atomic E-state index is 2.73. The Bertz CT molecular complexity index is 341. The molecule has 1 nitrogen and oxygen atoms in total. The molecular formula is C16H24IN. The van der Waals surface area contributed by atoms with Crippen molar-refractivity contribution in [3.63, 3.8) is 0 Å². The molecule has 0 saturated carbocycles. The molecule has 1 saturated heterocycles. The van der Waals surface area contributed by atoms with Crippen LogP contribution in [0, 0.1) is 3.57 Å². The molecule has 1 aromatic rings. The zero-order chi connectivity index (χ0) is 12.8. The first-order valence-corrected chi connectivity index (χ1v) is 8.36. The average Bonchev–Trinajstić information content (AvgIpc) is 2.42. The van der Waals surface area contributed by atoms with Crippen LogP contribution in [-0.4, -0.2) is 24.0 Å². The minimum atomic E-state index is 0.760. The largest absolute Gasteiger partial charge is 0.300 e. The Kier molecular flexibility index (Phi) is 5.96. The molecule has 1 aliphatic heterocycles. The first-order chi connectivity index (χ1) is 8.79. The van der Waals surface area contributed by atoms with E-state index in [1.54, 1.807) is 0 Å². The summed E-state index contributed by atoms with van der Waals surface area (Å²) in [5, 5.41) is 0. The fraction of sp³-hybridized carbons (Fsp3) is 0.625. The van der Waals surface area contributed by atoms with Crippen LogP contribution >= 0.6 is 22.6 Å². The van der Waals surface area contributed by atoms with Crippen LogP contribution in [0.3, 0.4) is 0 Å². The lowest BCUT2D eigenvalue weighted by Gasteiger charge is -2.34. The second-order valence-corrected chi connectivity index (χ2v) is 6.62. The standard InChI is InChI=1S/C16H24IN/c1-2-6-16(18-11-4-3-5-12-18)13-14-7-9-15(17)10-8-14/h7-10,16H,2-6,11-13H2,1H3. The van der Waals surface area contributed by atoms with Gasteiger partial charge in [-0.15, -0.1) is 0 Å². The fourth-order valence-electron chi connectivity index (χ4n) is 2.92. The molecule has 1 aromatic carbocycles. The van der Waals surface area contributed by atoms with E-state index in [0.29, 0.717) is 0 Å². The minimum Gasteiger partial charge on any atom is -0.300 e. The van der Waals surface area contributed by atoms with E-state index in [1.807, 2.05) is 0 Å². The van der Waals surface area contributed by atoms with E-state index < -0.39 is 0 Å². The van der Waals surface area contributed by atoms with Crippen molar-refractivity contribution in [2.75, 3.05) is 13.1 Å². The number of rotatable bonds is 5. The first kappa shape index (κ1) is 14.3. The van der Waals surface area contributed by atoms with Gasteiger partial charge in [0.05, 0.1) is 0 Å². The molecule has 1 aliphatic rings. The highest BCUT2D eigenvalue weighted by atomic mass is 127. The normalized spacial score (nSPS) is 18.8. The Morgan fingerprint density at radius 3 is 2.39 bits per heavy atom. The van der Waals surface area contributed by atoms with Crippen molar-refractivity contribution < 1.29 is 0 Å². The monoisotopic (exact) mass is 357 g/mol. The number of hydrogen-bond acceptors (Lipinski definition) is 1. The van der Waals surface area contributed by atoms with Gasteiger partial charge in [0.15, 0.2) is 0 Å². The molecule has 1 fully saturated rings. The molecule has 1 unspecified atom stereocenters. The average molecular weight is 357 g/mol. The van der Waals surface area contributed by atoms with Crippen LogP contribution in [-0.2, 0) is 6.42 Å². The van der Waals surface area contributed by atoms with Crippen molar-refractivity contribution in [2.45, 2.75) is 51.5 Å². The van der Waals surface area contributed by atoms with Gasteiger partial charge in [0.2, 0.25) is 0 Å². The molecule has 0 radical (unpaired) electrons. The van der Waals surface area contributed by atoms with Crippen molar-refractivity contribution >= 4 is 22.6 Å². The Balaban J connectivity index is 1.98. The van der Waals surface area contributed by atoms with Crippen LogP contribution in [0.2, 0.25) is 0 Å². The van der Waals surface area contributed by atoms with Crippen molar-refractivity contribution in [1.29, 1.82) is 0 Å². The molecule has 0 bridgehead atoms. The molecule has 0 N–H and O–H groups in total. The van der Waals surface area contributed by atoms with E-state index in [0.717, 1.165) is 6.04 Å². The lowest BCUT2D eigenvalue weighted by atomic mass is 9.98. The van der Waals surface area contributed by atoms with Gasteiger partial charge in [-0.25, -0.2) is 0 Å². The third-order valence-electron chi connectivity index (χ3n) is 3.91. The Labute approximate surface area is 125 Å². The number of halogens is 1. The van der Waals surface area contributed by atoms with Crippen LogP contribution < -0.4 is 0 Å². The van der Waals surface area contributed by atoms with Crippen LogP contribution in [0.4, 0.5) is 0 Å². The summed E-state index contributed by atoms with van der Waals surface area (Å²) in [6.45, 7) is 4.94. The highest BCUT2D eigenvalue weighted by molar-refractivity contribution is 14.1. The van der Waals surface area contributed by atoms with Crippen LogP contribution in [0.5, 0.6) is 0 Å². The van der Waals surface area contributed by atoms with Crippen LogP contribution in [0.15, 0.2) is 24.3 Å². The number of hydrogen-bond donors (Lipinski definition) is 0. The Morgan fingerprint density at radius 2 is 1.78 bits per heavy atom. The molecule has 0 amide bonds. The Hall–Kier alpha value is -0.0900. The third kappa shape index (κ3) is 4.23. The summed E-state index contributed by atoms with van der Waals surface area (Å²) < 4.78 is 1.33.